The van der Waals surface area contributed by atoms with Gasteiger partial charge < -0.3 is 10.6 Å². The highest BCUT2D eigenvalue weighted by atomic mass is 35.5. The van der Waals surface area contributed by atoms with E-state index in [0.29, 0.717) is 10.4 Å². The molecular formula is C17H26ClN3. The molecule has 1 atom stereocenters. The van der Waals surface area contributed by atoms with E-state index in [2.05, 4.69) is 25.7 Å². The van der Waals surface area contributed by atoms with Crippen molar-refractivity contribution in [3.63, 3.8) is 0 Å². The van der Waals surface area contributed by atoms with Crippen LogP contribution in [-0.4, -0.2) is 18.9 Å². The van der Waals surface area contributed by atoms with Crippen LogP contribution in [0.1, 0.15) is 45.6 Å². The van der Waals surface area contributed by atoms with Gasteiger partial charge in [0.15, 0.2) is 0 Å². The van der Waals surface area contributed by atoms with Crippen molar-refractivity contribution >= 4 is 23.1 Å². The van der Waals surface area contributed by atoms with Crippen molar-refractivity contribution in [2.24, 2.45) is 17.1 Å². The van der Waals surface area contributed by atoms with E-state index < -0.39 is 0 Å². The topological polar surface area (TPSA) is 53.1 Å². The molecule has 1 saturated heterocycles. The maximum atomic E-state index is 7.77. The van der Waals surface area contributed by atoms with Crippen molar-refractivity contribution in [2.45, 2.75) is 40.0 Å². The second-order valence-corrected chi connectivity index (χ2v) is 7.49. The molecule has 0 spiro atoms. The van der Waals surface area contributed by atoms with Crippen molar-refractivity contribution in [3.05, 3.63) is 28.8 Å². The summed E-state index contributed by atoms with van der Waals surface area (Å²) in [5.74, 6) is 0.848. The lowest BCUT2D eigenvalue weighted by atomic mass is 9.77. The quantitative estimate of drug-likeness (QED) is 0.633. The largest absolute Gasteiger partial charge is 0.384 e. The van der Waals surface area contributed by atoms with Gasteiger partial charge in [-0.1, -0.05) is 32.4 Å². The average Bonchev–Trinajstić information content (AvgIpc) is 2.63. The molecule has 2 rings (SSSR count). The maximum absolute atomic E-state index is 7.77. The predicted octanol–water partition coefficient (Wildman–Crippen LogP) is 4.28. The van der Waals surface area contributed by atoms with E-state index in [4.69, 9.17) is 22.7 Å². The second kappa shape index (κ2) is 6.27. The monoisotopic (exact) mass is 307 g/mol. The lowest BCUT2D eigenvalue weighted by Gasteiger charge is -2.30. The number of rotatable bonds is 2. The lowest BCUT2D eigenvalue weighted by molar-refractivity contribution is 0.220. The van der Waals surface area contributed by atoms with Gasteiger partial charge >= 0.3 is 0 Å². The van der Waals surface area contributed by atoms with E-state index >= 15 is 0 Å². The Kier molecular flexibility index (Phi) is 4.82. The summed E-state index contributed by atoms with van der Waals surface area (Å²) in [6.07, 6.45) is 3.61. The zero-order chi connectivity index (χ0) is 15.6. The van der Waals surface area contributed by atoms with Gasteiger partial charge in [-0.05, 0) is 48.8 Å². The predicted molar refractivity (Wildman–Crippen MR) is 91.5 cm³/mol. The van der Waals surface area contributed by atoms with E-state index in [9.17, 15) is 0 Å². The van der Waals surface area contributed by atoms with Crippen molar-refractivity contribution in [1.29, 1.82) is 5.41 Å². The number of nitrogen functional groups attached to an aromatic ring is 1. The Labute approximate surface area is 133 Å². The van der Waals surface area contributed by atoms with Crippen LogP contribution in [0, 0.1) is 16.7 Å². The molecule has 3 N–H and O–H groups in total. The SMILES string of the molecule is CC(C)(C)C1CCCN(c2cc(Cl)ccc2C(=N)N)CC1. The van der Waals surface area contributed by atoms with Gasteiger partial charge in [0, 0.05) is 29.4 Å². The first kappa shape index (κ1) is 16.2. The third-order valence-electron chi connectivity index (χ3n) is 4.54. The number of nitrogens with zero attached hydrogens (tertiary/aromatic N) is 1. The third kappa shape index (κ3) is 3.91. The van der Waals surface area contributed by atoms with Gasteiger partial charge in [-0.25, -0.2) is 0 Å². The molecule has 0 radical (unpaired) electrons. The summed E-state index contributed by atoms with van der Waals surface area (Å²) in [4.78, 5) is 2.34. The fourth-order valence-corrected chi connectivity index (χ4v) is 3.36. The third-order valence-corrected chi connectivity index (χ3v) is 4.78. The van der Waals surface area contributed by atoms with Gasteiger partial charge in [-0.2, -0.15) is 0 Å². The van der Waals surface area contributed by atoms with Gasteiger partial charge in [0.1, 0.15) is 5.84 Å². The van der Waals surface area contributed by atoms with Crippen LogP contribution in [0.2, 0.25) is 5.02 Å². The van der Waals surface area contributed by atoms with Crippen LogP contribution < -0.4 is 10.6 Å². The summed E-state index contributed by atoms with van der Waals surface area (Å²) in [5.41, 5.74) is 7.87. The van der Waals surface area contributed by atoms with Crippen molar-refractivity contribution in [2.75, 3.05) is 18.0 Å². The summed E-state index contributed by atoms with van der Waals surface area (Å²) < 4.78 is 0. The first-order valence-electron chi connectivity index (χ1n) is 7.68. The molecule has 0 aliphatic carbocycles. The van der Waals surface area contributed by atoms with Gasteiger partial charge in [0.25, 0.3) is 0 Å². The Morgan fingerprint density at radius 2 is 2.00 bits per heavy atom. The number of hydrogen-bond acceptors (Lipinski definition) is 2. The lowest BCUT2D eigenvalue weighted by Crippen LogP contribution is -2.28. The van der Waals surface area contributed by atoms with Crippen LogP contribution in [0.3, 0.4) is 0 Å². The summed E-state index contributed by atoms with van der Waals surface area (Å²) in [6, 6.07) is 5.60. The molecule has 1 aliphatic heterocycles. The van der Waals surface area contributed by atoms with Crippen molar-refractivity contribution in [1.82, 2.24) is 0 Å². The normalized spacial score (nSPS) is 20.2. The van der Waals surface area contributed by atoms with Gasteiger partial charge in [0.05, 0.1) is 0 Å². The van der Waals surface area contributed by atoms with Crippen LogP contribution in [0.25, 0.3) is 0 Å². The summed E-state index contributed by atoms with van der Waals surface area (Å²) in [6.45, 7) is 8.99. The second-order valence-electron chi connectivity index (χ2n) is 7.06. The highest BCUT2D eigenvalue weighted by molar-refractivity contribution is 6.31. The zero-order valence-electron chi connectivity index (χ0n) is 13.2. The molecule has 116 valence electrons. The minimum atomic E-state index is 0.110. The average molecular weight is 308 g/mol. The molecule has 1 aromatic carbocycles. The first-order chi connectivity index (χ1) is 9.79. The summed E-state index contributed by atoms with van der Waals surface area (Å²) in [7, 11) is 0. The Bertz CT molecular complexity index is 519. The summed E-state index contributed by atoms with van der Waals surface area (Å²) in [5, 5.41) is 8.47. The van der Waals surface area contributed by atoms with Crippen LogP contribution in [0.4, 0.5) is 5.69 Å². The van der Waals surface area contributed by atoms with Crippen LogP contribution in [-0.2, 0) is 0 Å². The van der Waals surface area contributed by atoms with E-state index in [1.807, 2.05) is 12.1 Å². The first-order valence-corrected chi connectivity index (χ1v) is 8.05. The maximum Gasteiger partial charge on any atom is 0.124 e. The standard InChI is InChI=1S/C17H26ClN3/c1-17(2,3)12-5-4-9-21(10-8-12)15-11-13(18)6-7-14(15)16(19)20/h6-7,11-12H,4-5,8-10H2,1-3H3,(H3,19,20). The molecule has 1 aromatic rings. The van der Waals surface area contributed by atoms with Crippen molar-refractivity contribution < 1.29 is 0 Å². The molecule has 4 heteroatoms. The number of halogens is 1. The van der Waals surface area contributed by atoms with Gasteiger partial charge in [0.2, 0.25) is 0 Å². The fourth-order valence-electron chi connectivity index (χ4n) is 3.20. The van der Waals surface area contributed by atoms with Crippen LogP contribution in [0.5, 0.6) is 0 Å². The van der Waals surface area contributed by atoms with E-state index in [-0.39, 0.29) is 5.84 Å². The van der Waals surface area contributed by atoms with Gasteiger partial charge in [-0.15, -0.1) is 0 Å². The highest BCUT2D eigenvalue weighted by Crippen LogP contribution is 2.36. The summed E-state index contributed by atoms with van der Waals surface area (Å²) >= 11 is 6.14. The molecular weight excluding hydrogens is 282 g/mol. The number of benzene rings is 1. The minimum absolute atomic E-state index is 0.110. The number of nitrogens with one attached hydrogen (secondary N) is 1. The fraction of sp³-hybridized carbons (Fsp3) is 0.588. The van der Waals surface area contributed by atoms with Crippen LogP contribution in [0.15, 0.2) is 18.2 Å². The number of nitrogens with two attached hydrogens (primary N) is 1. The Balaban J connectivity index is 2.23. The highest BCUT2D eigenvalue weighted by Gasteiger charge is 2.27. The Morgan fingerprint density at radius 1 is 1.29 bits per heavy atom. The Hall–Kier alpha value is -1.22. The molecule has 0 saturated carbocycles. The molecule has 1 unspecified atom stereocenters. The molecule has 0 amide bonds. The molecule has 3 nitrogen and oxygen atoms in total. The molecule has 0 aromatic heterocycles. The smallest absolute Gasteiger partial charge is 0.124 e. The number of hydrogen-bond donors (Lipinski definition) is 2. The van der Waals surface area contributed by atoms with E-state index in [1.54, 1.807) is 6.07 Å². The van der Waals surface area contributed by atoms with Crippen molar-refractivity contribution in [3.8, 4) is 0 Å². The van der Waals surface area contributed by atoms with Crippen LogP contribution >= 0.6 is 11.6 Å². The molecule has 21 heavy (non-hydrogen) atoms. The Morgan fingerprint density at radius 3 is 2.62 bits per heavy atom. The number of anilines is 1. The van der Waals surface area contributed by atoms with Gasteiger partial charge in [-0.3, -0.25) is 5.41 Å². The van der Waals surface area contributed by atoms with E-state index in [0.717, 1.165) is 30.3 Å². The number of amidine groups is 1. The molecule has 0 bridgehead atoms. The molecule has 1 heterocycles. The zero-order valence-corrected chi connectivity index (χ0v) is 14.0. The molecule has 1 aliphatic rings. The molecule has 1 fully saturated rings. The van der Waals surface area contributed by atoms with E-state index in [1.165, 1.54) is 19.3 Å². The minimum Gasteiger partial charge on any atom is -0.384 e.